The smallest absolute Gasteiger partial charge is 0.425 e. The second-order valence-corrected chi connectivity index (χ2v) is 9.64. The third-order valence-electron chi connectivity index (χ3n) is 8.20. The summed E-state index contributed by atoms with van der Waals surface area (Å²) in [6.07, 6.45) is 4.45. The molecule has 160 valence electrons. The van der Waals surface area contributed by atoms with Gasteiger partial charge in [-0.05, 0) is 48.5 Å². The number of para-hydroxylation sites is 2. The van der Waals surface area contributed by atoms with Gasteiger partial charge in [-0.1, -0.05) is 18.2 Å². The maximum Gasteiger partial charge on any atom is 0.425 e. The van der Waals surface area contributed by atoms with Crippen LogP contribution in [0, 0.1) is 0 Å². The second-order valence-electron chi connectivity index (χ2n) is 9.64. The van der Waals surface area contributed by atoms with Crippen molar-refractivity contribution in [3.05, 3.63) is 108 Å². The van der Waals surface area contributed by atoms with Crippen molar-refractivity contribution in [2.75, 3.05) is 0 Å². The van der Waals surface area contributed by atoms with Gasteiger partial charge in [0, 0.05) is 23.6 Å². The van der Waals surface area contributed by atoms with Gasteiger partial charge in [0.1, 0.15) is 22.7 Å². The Morgan fingerprint density at radius 3 is 2.57 bits per heavy atom. The zero-order valence-corrected chi connectivity index (χ0v) is 18.4. The number of aromatic nitrogens is 4. The summed E-state index contributed by atoms with van der Waals surface area (Å²) in [5, 5.41) is 2.38. The van der Waals surface area contributed by atoms with Gasteiger partial charge in [0.25, 0.3) is 0 Å². The molecule has 1 unspecified atom stereocenters. The monoisotopic (exact) mass is 448 g/mol. The van der Waals surface area contributed by atoms with Gasteiger partial charge in [-0.25, -0.2) is 4.98 Å². The van der Waals surface area contributed by atoms with Crippen LogP contribution in [-0.2, 0) is 5.66 Å². The predicted molar refractivity (Wildman–Crippen MR) is 132 cm³/mol. The first-order valence-corrected chi connectivity index (χ1v) is 11.9. The lowest BCUT2D eigenvalue weighted by Gasteiger charge is -2.25. The van der Waals surface area contributed by atoms with Crippen LogP contribution in [0.25, 0.3) is 49.7 Å². The van der Waals surface area contributed by atoms with E-state index in [0.29, 0.717) is 0 Å². The molecule has 3 aliphatic heterocycles. The van der Waals surface area contributed by atoms with E-state index in [9.17, 15) is 0 Å². The lowest BCUT2D eigenvalue weighted by Crippen LogP contribution is -2.71. The normalized spacial score (nSPS) is 18.1. The summed E-state index contributed by atoms with van der Waals surface area (Å²) in [5.41, 5.74) is 9.79. The summed E-state index contributed by atoms with van der Waals surface area (Å²) in [5.74, 6) is 1.84. The van der Waals surface area contributed by atoms with E-state index in [1.807, 2.05) is 0 Å². The van der Waals surface area contributed by atoms with Crippen molar-refractivity contribution in [2.45, 2.75) is 5.66 Å². The molecule has 0 aliphatic carbocycles. The fourth-order valence-corrected chi connectivity index (χ4v) is 7.07. The van der Waals surface area contributed by atoms with E-state index in [-0.39, 0.29) is 0 Å². The molecule has 4 aromatic heterocycles. The van der Waals surface area contributed by atoms with Crippen molar-refractivity contribution in [2.24, 2.45) is 0 Å². The standard InChI is InChI=1S/C30H16N4O/c1-2-10-21-19(8-1)31-29-18-13-14-24-27-25(18)28-22(34(21)29)11-6-16-33(28)30(27)26-17(7-5-12-23(26)35-24)20-9-3-4-15-32(20)30/h1-16H/q+2. The highest BCUT2D eigenvalue weighted by Crippen LogP contribution is 2.57. The van der Waals surface area contributed by atoms with Crippen LogP contribution in [0.2, 0.25) is 0 Å². The Kier molecular flexibility index (Phi) is 2.47. The Bertz CT molecular complexity index is 2160. The highest BCUT2D eigenvalue weighted by atomic mass is 16.5. The quantitative estimate of drug-likeness (QED) is 0.240. The molecule has 3 aromatic carbocycles. The van der Waals surface area contributed by atoms with Crippen molar-refractivity contribution in [3.8, 4) is 22.8 Å². The van der Waals surface area contributed by atoms with E-state index < -0.39 is 5.66 Å². The molecule has 3 aliphatic rings. The maximum absolute atomic E-state index is 6.63. The van der Waals surface area contributed by atoms with Crippen molar-refractivity contribution in [3.63, 3.8) is 0 Å². The van der Waals surface area contributed by atoms with Crippen LogP contribution in [0.4, 0.5) is 0 Å². The van der Waals surface area contributed by atoms with E-state index in [2.05, 4.69) is 111 Å². The molecule has 0 saturated heterocycles. The van der Waals surface area contributed by atoms with Crippen molar-refractivity contribution in [1.29, 1.82) is 0 Å². The Labute approximate surface area is 198 Å². The van der Waals surface area contributed by atoms with Crippen LogP contribution in [-0.4, -0.2) is 9.38 Å². The number of fused-ring (bicyclic) bond motifs is 7. The molecular formula is C30H16N4O+2. The first-order chi connectivity index (χ1) is 17.4. The molecule has 1 spiro atoms. The van der Waals surface area contributed by atoms with Crippen LogP contribution in [0.1, 0.15) is 11.1 Å². The summed E-state index contributed by atoms with van der Waals surface area (Å²) in [6, 6.07) is 30.0. The molecule has 0 fully saturated rings. The number of rotatable bonds is 0. The van der Waals surface area contributed by atoms with Gasteiger partial charge in [0.05, 0.1) is 22.0 Å². The molecule has 0 N–H and O–H groups in total. The average Bonchev–Trinajstić information content (AvgIpc) is 3.55. The molecule has 7 heterocycles. The molecular weight excluding hydrogens is 432 g/mol. The number of benzene rings is 3. The van der Waals surface area contributed by atoms with E-state index >= 15 is 0 Å². The van der Waals surface area contributed by atoms with Gasteiger partial charge in [-0.2, -0.15) is 0 Å². The average molecular weight is 448 g/mol. The molecule has 1 atom stereocenters. The first kappa shape index (κ1) is 16.8. The number of hydrogen-bond donors (Lipinski definition) is 0. The third-order valence-corrected chi connectivity index (χ3v) is 8.20. The van der Waals surface area contributed by atoms with Gasteiger partial charge in [0.2, 0.25) is 11.2 Å². The van der Waals surface area contributed by atoms with Crippen molar-refractivity contribution >= 4 is 38.5 Å². The number of ether oxygens (including phenoxy) is 1. The predicted octanol–water partition coefficient (Wildman–Crippen LogP) is 5.07. The lowest BCUT2D eigenvalue weighted by atomic mass is 9.86. The van der Waals surface area contributed by atoms with Crippen LogP contribution in [0.15, 0.2) is 97.3 Å². The van der Waals surface area contributed by atoms with Crippen LogP contribution in [0.3, 0.4) is 0 Å². The fourth-order valence-electron chi connectivity index (χ4n) is 7.07. The summed E-state index contributed by atoms with van der Waals surface area (Å²) in [6.45, 7) is 0. The minimum absolute atomic E-state index is 0.535. The van der Waals surface area contributed by atoms with Gasteiger partial charge in [0.15, 0.2) is 23.5 Å². The minimum Gasteiger partial charge on any atom is -0.456 e. The maximum atomic E-state index is 6.63. The third kappa shape index (κ3) is 1.55. The Morgan fingerprint density at radius 2 is 1.57 bits per heavy atom. The van der Waals surface area contributed by atoms with Crippen LogP contribution < -0.4 is 13.9 Å². The molecule has 0 saturated carbocycles. The number of imidazole rings is 1. The lowest BCUT2D eigenvalue weighted by molar-refractivity contribution is -0.950. The molecule has 0 bridgehead atoms. The Morgan fingerprint density at radius 1 is 0.714 bits per heavy atom. The molecule has 35 heavy (non-hydrogen) atoms. The number of pyridine rings is 3. The van der Waals surface area contributed by atoms with E-state index in [4.69, 9.17) is 9.72 Å². The topological polar surface area (TPSA) is 34.3 Å². The van der Waals surface area contributed by atoms with Crippen LogP contribution in [0.5, 0.6) is 11.5 Å². The van der Waals surface area contributed by atoms with E-state index in [1.165, 1.54) is 33.3 Å². The molecule has 10 rings (SSSR count). The largest absolute Gasteiger partial charge is 0.456 e. The van der Waals surface area contributed by atoms with Gasteiger partial charge in [-0.3, -0.25) is 4.40 Å². The van der Waals surface area contributed by atoms with E-state index in [1.54, 1.807) is 0 Å². The zero-order chi connectivity index (χ0) is 22.5. The van der Waals surface area contributed by atoms with Crippen LogP contribution >= 0.6 is 0 Å². The number of hydrogen-bond acceptors (Lipinski definition) is 2. The zero-order valence-electron chi connectivity index (χ0n) is 18.4. The Balaban J connectivity index is 1.56. The van der Waals surface area contributed by atoms with Gasteiger partial charge >= 0.3 is 5.66 Å². The SMILES string of the molecule is c1cc2c3c(c1)-c1cccc[n+]1C31c3c(ccc4c3c3c(ccc[n+]31)n1c3ccccc3nc41)O2. The highest BCUT2D eigenvalue weighted by molar-refractivity contribution is 6.15. The van der Waals surface area contributed by atoms with Crippen molar-refractivity contribution < 1.29 is 13.9 Å². The highest BCUT2D eigenvalue weighted by Gasteiger charge is 2.70. The first-order valence-electron chi connectivity index (χ1n) is 11.9. The summed E-state index contributed by atoms with van der Waals surface area (Å²) >= 11 is 0. The summed E-state index contributed by atoms with van der Waals surface area (Å²) in [7, 11) is 0. The summed E-state index contributed by atoms with van der Waals surface area (Å²) < 4.78 is 13.9. The Hall–Kier alpha value is -4.77. The molecule has 0 amide bonds. The van der Waals surface area contributed by atoms with Gasteiger partial charge in [-0.15, -0.1) is 9.13 Å². The number of nitrogens with zero attached hydrogens (tertiary/aromatic N) is 4. The molecule has 5 nitrogen and oxygen atoms in total. The van der Waals surface area contributed by atoms with Gasteiger partial charge < -0.3 is 4.74 Å². The molecule has 5 heteroatoms. The summed E-state index contributed by atoms with van der Waals surface area (Å²) in [4.78, 5) is 5.11. The molecule has 7 aromatic rings. The minimum atomic E-state index is -0.535. The fraction of sp³-hybridized carbons (Fsp3) is 0.0333. The molecule has 0 radical (unpaired) electrons. The second kappa shape index (κ2) is 5.15. The van der Waals surface area contributed by atoms with E-state index in [0.717, 1.165) is 39.1 Å². The van der Waals surface area contributed by atoms with Crippen molar-refractivity contribution in [1.82, 2.24) is 9.38 Å².